The zero-order chi connectivity index (χ0) is 14.8. The van der Waals surface area contributed by atoms with Crippen molar-refractivity contribution in [2.75, 3.05) is 27.7 Å². The quantitative estimate of drug-likeness (QED) is 0.615. The summed E-state index contributed by atoms with van der Waals surface area (Å²) >= 11 is 0. The Hall–Kier alpha value is -1.55. The summed E-state index contributed by atoms with van der Waals surface area (Å²) in [6.07, 6.45) is 2.37. The van der Waals surface area contributed by atoms with Crippen LogP contribution in [0.4, 0.5) is 0 Å². The lowest BCUT2D eigenvalue weighted by Crippen LogP contribution is -2.39. The van der Waals surface area contributed by atoms with Crippen molar-refractivity contribution in [3.63, 3.8) is 0 Å². The molecule has 0 aliphatic rings. The summed E-state index contributed by atoms with van der Waals surface area (Å²) < 4.78 is 5.23. The van der Waals surface area contributed by atoms with Gasteiger partial charge in [-0.3, -0.25) is 4.99 Å². The summed E-state index contributed by atoms with van der Waals surface area (Å²) in [7, 11) is 5.62. The number of guanidine groups is 1. The molecule has 0 spiro atoms. The maximum atomic E-state index is 5.23. The average Bonchev–Trinajstić information content (AvgIpc) is 2.47. The van der Waals surface area contributed by atoms with Crippen molar-refractivity contribution in [1.82, 2.24) is 10.2 Å². The molecule has 0 amide bonds. The Morgan fingerprint density at radius 2 is 2.00 bits per heavy atom. The predicted octanol–water partition coefficient (Wildman–Crippen LogP) is 2.64. The van der Waals surface area contributed by atoms with Gasteiger partial charge in [-0.05, 0) is 17.5 Å². The predicted molar refractivity (Wildman–Crippen MR) is 84.9 cm³/mol. The highest BCUT2D eigenvalue weighted by molar-refractivity contribution is 5.79. The number of rotatable bonds is 7. The summed E-state index contributed by atoms with van der Waals surface area (Å²) in [5.74, 6) is 0.936. The number of unbranched alkanes of at least 4 members (excludes halogenated alkanes) is 1. The number of nitrogens with zero attached hydrogens (tertiary/aromatic N) is 2. The number of methoxy groups -OCH3 is 1. The highest BCUT2D eigenvalue weighted by atomic mass is 16.5. The average molecular weight is 277 g/mol. The summed E-state index contributed by atoms with van der Waals surface area (Å²) in [6, 6.07) is 8.32. The zero-order valence-corrected chi connectivity index (χ0v) is 13.1. The first-order valence-electron chi connectivity index (χ1n) is 7.20. The Balaban J connectivity index is 2.60. The fraction of sp³-hybridized carbons (Fsp3) is 0.562. The topological polar surface area (TPSA) is 36.9 Å². The van der Waals surface area contributed by atoms with Gasteiger partial charge in [-0.15, -0.1) is 0 Å². The fourth-order valence-corrected chi connectivity index (χ4v) is 2.09. The van der Waals surface area contributed by atoms with Crippen LogP contribution in [0, 0.1) is 0 Å². The Labute approximate surface area is 122 Å². The number of hydrogen-bond donors (Lipinski definition) is 1. The van der Waals surface area contributed by atoms with E-state index in [2.05, 4.69) is 47.4 Å². The van der Waals surface area contributed by atoms with E-state index in [0.29, 0.717) is 6.61 Å². The number of ether oxygens (including phenoxy) is 1. The van der Waals surface area contributed by atoms with E-state index in [4.69, 9.17) is 4.74 Å². The van der Waals surface area contributed by atoms with Crippen molar-refractivity contribution in [1.29, 1.82) is 0 Å². The lowest BCUT2D eigenvalue weighted by atomic mass is 10.1. The van der Waals surface area contributed by atoms with Crippen molar-refractivity contribution in [3.8, 4) is 0 Å². The first-order valence-corrected chi connectivity index (χ1v) is 7.20. The van der Waals surface area contributed by atoms with Gasteiger partial charge in [0.2, 0.25) is 0 Å². The van der Waals surface area contributed by atoms with Crippen molar-refractivity contribution >= 4 is 5.96 Å². The van der Waals surface area contributed by atoms with Gasteiger partial charge in [0.1, 0.15) is 0 Å². The minimum atomic E-state index is 0.641. The van der Waals surface area contributed by atoms with E-state index in [1.807, 2.05) is 13.1 Å². The van der Waals surface area contributed by atoms with Gasteiger partial charge in [0.25, 0.3) is 0 Å². The van der Waals surface area contributed by atoms with Crippen molar-refractivity contribution in [2.45, 2.75) is 32.9 Å². The number of nitrogens with one attached hydrogen (secondary N) is 1. The molecule has 4 heteroatoms. The Morgan fingerprint density at radius 1 is 1.30 bits per heavy atom. The van der Waals surface area contributed by atoms with Crippen LogP contribution in [0.15, 0.2) is 29.3 Å². The van der Waals surface area contributed by atoms with E-state index >= 15 is 0 Å². The molecule has 1 rings (SSSR count). The van der Waals surface area contributed by atoms with Crippen molar-refractivity contribution < 1.29 is 4.74 Å². The van der Waals surface area contributed by atoms with Crippen LogP contribution < -0.4 is 5.32 Å². The van der Waals surface area contributed by atoms with Gasteiger partial charge in [-0.2, -0.15) is 0 Å². The molecule has 4 nitrogen and oxygen atoms in total. The molecular weight excluding hydrogens is 250 g/mol. The molecular formula is C16H27N3O. The molecule has 0 atom stereocenters. The van der Waals surface area contributed by atoms with Gasteiger partial charge in [0.05, 0.1) is 6.61 Å². The smallest absolute Gasteiger partial charge is 0.193 e. The van der Waals surface area contributed by atoms with E-state index in [0.717, 1.165) is 19.0 Å². The second-order valence-electron chi connectivity index (χ2n) is 4.88. The van der Waals surface area contributed by atoms with Crippen molar-refractivity contribution in [3.05, 3.63) is 35.4 Å². The van der Waals surface area contributed by atoms with Crippen LogP contribution in [0.1, 0.15) is 30.9 Å². The minimum absolute atomic E-state index is 0.641. The van der Waals surface area contributed by atoms with Gasteiger partial charge >= 0.3 is 0 Å². The Kier molecular flexibility index (Phi) is 7.73. The molecule has 1 aromatic rings. The van der Waals surface area contributed by atoms with Crippen LogP contribution in [-0.2, 0) is 17.9 Å². The van der Waals surface area contributed by atoms with Gasteiger partial charge in [-0.25, -0.2) is 0 Å². The normalized spacial score (nSPS) is 11.5. The molecule has 0 aliphatic carbocycles. The first kappa shape index (κ1) is 16.5. The molecule has 1 N–H and O–H groups in total. The molecule has 0 fully saturated rings. The molecule has 0 heterocycles. The SMILES string of the molecule is CCCCN(C)C(=NC)NCc1ccccc1COC. The maximum absolute atomic E-state index is 5.23. The second kappa shape index (κ2) is 9.37. The molecule has 0 saturated heterocycles. The van der Waals surface area contributed by atoms with Crippen LogP contribution >= 0.6 is 0 Å². The number of hydrogen-bond acceptors (Lipinski definition) is 2. The third-order valence-electron chi connectivity index (χ3n) is 3.28. The number of aliphatic imine (C=N–C) groups is 1. The monoisotopic (exact) mass is 277 g/mol. The zero-order valence-electron chi connectivity index (χ0n) is 13.1. The summed E-state index contributed by atoms with van der Waals surface area (Å²) in [5.41, 5.74) is 2.47. The van der Waals surface area contributed by atoms with Gasteiger partial charge in [0, 0.05) is 34.3 Å². The van der Waals surface area contributed by atoms with Crippen LogP contribution in [0.25, 0.3) is 0 Å². The van der Waals surface area contributed by atoms with Gasteiger partial charge in [0.15, 0.2) is 5.96 Å². The van der Waals surface area contributed by atoms with E-state index in [1.54, 1.807) is 7.11 Å². The molecule has 0 radical (unpaired) electrons. The molecule has 0 aliphatic heterocycles. The molecule has 0 bridgehead atoms. The maximum Gasteiger partial charge on any atom is 0.193 e. The van der Waals surface area contributed by atoms with E-state index in [9.17, 15) is 0 Å². The lowest BCUT2D eigenvalue weighted by molar-refractivity contribution is 0.184. The second-order valence-corrected chi connectivity index (χ2v) is 4.88. The summed E-state index contributed by atoms with van der Waals surface area (Å²) in [4.78, 5) is 6.50. The third-order valence-corrected chi connectivity index (χ3v) is 3.28. The largest absolute Gasteiger partial charge is 0.380 e. The van der Waals surface area contributed by atoms with Crippen LogP contribution in [0.3, 0.4) is 0 Å². The summed E-state index contributed by atoms with van der Waals surface area (Å²) in [5, 5.41) is 3.41. The molecule has 112 valence electrons. The van der Waals surface area contributed by atoms with Gasteiger partial charge in [-0.1, -0.05) is 37.6 Å². The Morgan fingerprint density at radius 3 is 2.60 bits per heavy atom. The van der Waals surface area contributed by atoms with E-state index < -0.39 is 0 Å². The van der Waals surface area contributed by atoms with Gasteiger partial charge < -0.3 is 15.0 Å². The Bertz CT molecular complexity index is 418. The van der Waals surface area contributed by atoms with E-state index in [1.165, 1.54) is 24.0 Å². The van der Waals surface area contributed by atoms with Crippen LogP contribution in [0.5, 0.6) is 0 Å². The van der Waals surface area contributed by atoms with E-state index in [-0.39, 0.29) is 0 Å². The molecule has 0 unspecified atom stereocenters. The number of benzene rings is 1. The molecule has 0 aromatic heterocycles. The molecule has 0 saturated carbocycles. The molecule has 1 aromatic carbocycles. The molecule has 20 heavy (non-hydrogen) atoms. The highest BCUT2D eigenvalue weighted by Gasteiger charge is 2.06. The van der Waals surface area contributed by atoms with Crippen LogP contribution in [0.2, 0.25) is 0 Å². The first-order chi connectivity index (χ1) is 9.72. The fourth-order valence-electron chi connectivity index (χ4n) is 2.09. The summed E-state index contributed by atoms with van der Waals surface area (Å²) in [6.45, 7) is 4.63. The minimum Gasteiger partial charge on any atom is -0.380 e. The lowest BCUT2D eigenvalue weighted by Gasteiger charge is -2.22. The van der Waals surface area contributed by atoms with Crippen LogP contribution in [-0.4, -0.2) is 38.6 Å². The standard InChI is InChI=1S/C16H27N3O/c1-5-6-11-19(3)16(17-2)18-12-14-9-7-8-10-15(14)13-20-4/h7-10H,5-6,11-13H2,1-4H3,(H,17,18). The highest BCUT2D eigenvalue weighted by Crippen LogP contribution is 2.09. The van der Waals surface area contributed by atoms with Crippen molar-refractivity contribution in [2.24, 2.45) is 4.99 Å². The third kappa shape index (κ3) is 5.21.